The van der Waals surface area contributed by atoms with E-state index in [0.29, 0.717) is 29.4 Å². The highest BCUT2D eigenvalue weighted by atomic mass is 16.6. The number of nitrogens with one attached hydrogen (secondary N) is 1. The molecule has 0 aromatic heterocycles. The zero-order chi connectivity index (χ0) is 18.4. The van der Waals surface area contributed by atoms with Gasteiger partial charge in [-0.2, -0.15) is 0 Å². The van der Waals surface area contributed by atoms with E-state index in [1.807, 2.05) is 18.2 Å². The summed E-state index contributed by atoms with van der Waals surface area (Å²) in [6.07, 6.45) is -0.303. The number of hydrogen-bond donors (Lipinski definition) is 1. The summed E-state index contributed by atoms with van der Waals surface area (Å²) in [6, 6.07) is 13.9. The highest BCUT2D eigenvalue weighted by Crippen LogP contribution is 2.30. The molecule has 1 amide bonds. The molecule has 2 aromatic carbocycles. The number of carbonyl (C=O) groups excluding carboxylic acids is 2. The number of rotatable bonds is 6. The van der Waals surface area contributed by atoms with Crippen LogP contribution < -0.4 is 19.5 Å². The van der Waals surface area contributed by atoms with Crippen molar-refractivity contribution >= 4 is 11.9 Å². The van der Waals surface area contributed by atoms with Gasteiger partial charge in [0.25, 0.3) is 5.91 Å². The standard InChI is InChI=1S/C19H19NO6/c1-23-14-6-4-5-13(9-14)19(22)25-12-18(21)20-10-15-11-24-16-7-2-3-8-17(16)26-15/h2-9,15H,10-12H2,1H3,(H,20,21). The third kappa shape index (κ3) is 4.44. The highest BCUT2D eigenvalue weighted by molar-refractivity contribution is 5.91. The number of carbonyl (C=O) groups is 2. The summed E-state index contributed by atoms with van der Waals surface area (Å²) in [7, 11) is 1.51. The Labute approximate surface area is 150 Å². The van der Waals surface area contributed by atoms with Crippen molar-refractivity contribution in [1.82, 2.24) is 5.32 Å². The Hall–Kier alpha value is -3.22. The zero-order valence-electron chi connectivity index (χ0n) is 14.3. The Morgan fingerprint density at radius 3 is 2.77 bits per heavy atom. The fourth-order valence-corrected chi connectivity index (χ4v) is 2.41. The number of esters is 1. The zero-order valence-corrected chi connectivity index (χ0v) is 14.3. The van der Waals surface area contributed by atoms with Crippen molar-refractivity contribution < 1.29 is 28.5 Å². The lowest BCUT2D eigenvalue weighted by molar-refractivity contribution is -0.124. The van der Waals surface area contributed by atoms with Crippen molar-refractivity contribution in [3.63, 3.8) is 0 Å². The van der Waals surface area contributed by atoms with Crippen molar-refractivity contribution in [3.05, 3.63) is 54.1 Å². The molecule has 7 heteroatoms. The molecule has 0 saturated carbocycles. The normalized spacial score (nSPS) is 15.0. The van der Waals surface area contributed by atoms with E-state index >= 15 is 0 Å². The Kier molecular flexibility index (Phi) is 5.58. The second kappa shape index (κ2) is 8.24. The van der Waals surface area contributed by atoms with E-state index in [1.54, 1.807) is 30.3 Å². The van der Waals surface area contributed by atoms with Crippen LogP contribution in [0.4, 0.5) is 0 Å². The minimum atomic E-state index is -0.592. The molecule has 1 N–H and O–H groups in total. The van der Waals surface area contributed by atoms with Crippen LogP contribution in [0, 0.1) is 0 Å². The number of methoxy groups -OCH3 is 1. The monoisotopic (exact) mass is 357 g/mol. The predicted octanol–water partition coefficient (Wildman–Crippen LogP) is 1.81. The third-order valence-electron chi connectivity index (χ3n) is 3.73. The molecule has 136 valence electrons. The molecule has 0 radical (unpaired) electrons. The second-order valence-corrected chi connectivity index (χ2v) is 5.61. The first-order valence-corrected chi connectivity index (χ1v) is 8.12. The largest absolute Gasteiger partial charge is 0.497 e. The van der Waals surface area contributed by atoms with Gasteiger partial charge < -0.3 is 24.3 Å². The topological polar surface area (TPSA) is 83.1 Å². The first-order valence-electron chi connectivity index (χ1n) is 8.12. The molecular formula is C19H19NO6. The average Bonchev–Trinajstić information content (AvgIpc) is 2.70. The van der Waals surface area contributed by atoms with Gasteiger partial charge in [0.2, 0.25) is 0 Å². The number of hydrogen-bond acceptors (Lipinski definition) is 6. The maximum atomic E-state index is 12.0. The summed E-state index contributed by atoms with van der Waals surface area (Å²) in [5.41, 5.74) is 0.317. The van der Waals surface area contributed by atoms with Gasteiger partial charge >= 0.3 is 5.97 Å². The van der Waals surface area contributed by atoms with Crippen molar-refractivity contribution in [3.8, 4) is 17.2 Å². The van der Waals surface area contributed by atoms with Gasteiger partial charge in [0.1, 0.15) is 18.5 Å². The predicted molar refractivity (Wildman–Crippen MR) is 92.6 cm³/mol. The van der Waals surface area contributed by atoms with Gasteiger partial charge in [-0.25, -0.2) is 4.79 Å². The molecule has 1 atom stereocenters. The van der Waals surface area contributed by atoms with Crippen molar-refractivity contribution in [2.75, 3.05) is 26.9 Å². The molecule has 0 spiro atoms. The molecule has 7 nitrogen and oxygen atoms in total. The highest BCUT2D eigenvalue weighted by Gasteiger charge is 2.21. The number of amides is 1. The van der Waals surface area contributed by atoms with Crippen LogP contribution in [0.15, 0.2) is 48.5 Å². The summed E-state index contributed by atoms with van der Waals surface area (Å²) in [5, 5.41) is 2.67. The fourth-order valence-electron chi connectivity index (χ4n) is 2.41. The van der Waals surface area contributed by atoms with Crippen LogP contribution in [0.2, 0.25) is 0 Å². The molecule has 2 aromatic rings. The van der Waals surface area contributed by atoms with Crippen LogP contribution >= 0.6 is 0 Å². The molecule has 3 rings (SSSR count). The maximum Gasteiger partial charge on any atom is 0.338 e. The lowest BCUT2D eigenvalue weighted by Crippen LogP contribution is -2.42. The van der Waals surface area contributed by atoms with E-state index in [-0.39, 0.29) is 19.3 Å². The van der Waals surface area contributed by atoms with E-state index in [0.717, 1.165) is 0 Å². The van der Waals surface area contributed by atoms with Gasteiger partial charge in [0.15, 0.2) is 18.1 Å². The molecule has 0 saturated heterocycles. The summed E-state index contributed by atoms with van der Waals surface area (Å²) < 4.78 is 21.4. The molecule has 0 aliphatic carbocycles. The van der Waals surface area contributed by atoms with E-state index < -0.39 is 11.9 Å². The smallest absolute Gasteiger partial charge is 0.338 e. The minimum Gasteiger partial charge on any atom is -0.497 e. The summed E-state index contributed by atoms with van der Waals surface area (Å²) in [4.78, 5) is 23.8. The van der Waals surface area contributed by atoms with E-state index in [9.17, 15) is 9.59 Å². The first kappa shape index (κ1) is 17.6. The van der Waals surface area contributed by atoms with E-state index in [1.165, 1.54) is 7.11 Å². The van der Waals surface area contributed by atoms with Crippen molar-refractivity contribution in [1.29, 1.82) is 0 Å². The Morgan fingerprint density at radius 2 is 1.96 bits per heavy atom. The number of ether oxygens (including phenoxy) is 4. The molecule has 0 fully saturated rings. The van der Waals surface area contributed by atoms with Gasteiger partial charge in [0, 0.05) is 0 Å². The Balaban J connectivity index is 1.42. The summed E-state index contributed by atoms with van der Waals surface area (Å²) in [5.74, 6) is 0.859. The van der Waals surface area contributed by atoms with Crippen LogP contribution in [-0.2, 0) is 9.53 Å². The quantitative estimate of drug-likeness (QED) is 0.794. The molecule has 0 bridgehead atoms. The van der Waals surface area contributed by atoms with Crippen LogP contribution in [0.5, 0.6) is 17.2 Å². The molecular weight excluding hydrogens is 338 g/mol. The summed E-state index contributed by atoms with van der Waals surface area (Å²) >= 11 is 0. The van der Waals surface area contributed by atoms with Crippen LogP contribution in [-0.4, -0.2) is 44.8 Å². The Bertz CT molecular complexity index is 791. The minimum absolute atomic E-state index is 0.254. The fraction of sp³-hybridized carbons (Fsp3) is 0.263. The molecule has 1 unspecified atom stereocenters. The maximum absolute atomic E-state index is 12.0. The van der Waals surface area contributed by atoms with E-state index in [2.05, 4.69) is 5.32 Å². The molecule has 1 aliphatic heterocycles. The number of fused-ring (bicyclic) bond motifs is 1. The van der Waals surface area contributed by atoms with Crippen LogP contribution in [0.25, 0.3) is 0 Å². The molecule has 1 heterocycles. The lowest BCUT2D eigenvalue weighted by atomic mass is 10.2. The number of para-hydroxylation sites is 2. The molecule has 1 aliphatic rings. The van der Waals surface area contributed by atoms with Crippen molar-refractivity contribution in [2.24, 2.45) is 0 Å². The average molecular weight is 357 g/mol. The van der Waals surface area contributed by atoms with Gasteiger partial charge in [0.05, 0.1) is 19.2 Å². The van der Waals surface area contributed by atoms with Gasteiger partial charge in [-0.05, 0) is 30.3 Å². The van der Waals surface area contributed by atoms with Crippen LogP contribution in [0.1, 0.15) is 10.4 Å². The first-order chi connectivity index (χ1) is 12.7. The van der Waals surface area contributed by atoms with Gasteiger partial charge in [-0.1, -0.05) is 18.2 Å². The Morgan fingerprint density at radius 1 is 1.15 bits per heavy atom. The molecule has 26 heavy (non-hydrogen) atoms. The van der Waals surface area contributed by atoms with Crippen molar-refractivity contribution in [2.45, 2.75) is 6.10 Å². The third-order valence-corrected chi connectivity index (χ3v) is 3.73. The summed E-state index contributed by atoms with van der Waals surface area (Å²) in [6.45, 7) is 0.213. The number of benzene rings is 2. The van der Waals surface area contributed by atoms with E-state index in [4.69, 9.17) is 18.9 Å². The second-order valence-electron chi connectivity index (χ2n) is 5.61. The SMILES string of the molecule is COc1cccc(C(=O)OCC(=O)NCC2COc3ccccc3O2)c1. The lowest BCUT2D eigenvalue weighted by Gasteiger charge is -2.26. The van der Waals surface area contributed by atoms with Gasteiger partial charge in [-0.15, -0.1) is 0 Å². The van der Waals surface area contributed by atoms with Gasteiger partial charge in [-0.3, -0.25) is 4.79 Å². The van der Waals surface area contributed by atoms with Crippen LogP contribution in [0.3, 0.4) is 0 Å².